The third-order valence-electron chi connectivity index (χ3n) is 2.95. The van der Waals surface area contributed by atoms with E-state index in [1.807, 2.05) is 0 Å². The zero-order valence-corrected chi connectivity index (χ0v) is 11.7. The Kier molecular flexibility index (Phi) is 4.92. The third kappa shape index (κ3) is 3.95. The fourth-order valence-electron chi connectivity index (χ4n) is 1.89. The summed E-state index contributed by atoms with van der Waals surface area (Å²) in [4.78, 5) is 22.2. The van der Waals surface area contributed by atoms with Gasteiger partial charge in [-0.25, -0.2) is 0 Å². The molecule has 0 aliphatic heterocycles. The molecular formula is C15H15N3O4. The van der Waals surface area contributed by atoms with Crippen molar-refractivity contribution in [3.8, 4) is 5.75 Å². The number of aromatic hydroxyl groups is 1. The molecule has 0 unspecified atom stereocenters. The van der Waals surface area contributed by atoms with Crippen LogP contribution in [0.15, 0.2) is 48.5 Å². The van der Waals surface area contributed by atoms with E-state index in [4.69, 9.17) is 0 Å². The van der Waals surface area contributed by atoms with Gasteiger partial charge in [0.1, 0.15) is 11.4 Å². The molecule has 0 saturated carbocycles. The van der Waals surface area contributed by atoms with Crippen molar-refractivity contribution >= 4 is 23.0 Å². The van der Waals surface area contributed by atoms with Crippen LogP contribution >= 0.6 is 0 Å². The predicted octanol–water partition coefficient (Wildman–Crippen LogP) is 2.74. The molecule has 7 heteroatoms. The molecule has 0 fully saturated rings. The molecule has 22 heavy (non-hydrogen) atoms. The Hall–Kier alpha value is -3.09. The Labute approximate surface area is 126 Å². The molecule has 7 nitrogen and oxygen atoms in total. The second kappa shape index (κ2) is 7.07. The molecule has 0 saturated heterocycles. The van der Waals surface area contributed by atoms with Crippen molar-refractivity contribution in [3.63, 3.8) is 0 Å². The highest BCUT2D eigenvalue weighted by atomic mass is 16.6. The topological polar surface area (TPSA) is 104 Å². The molecule has 0 radical (unpaired) electrons. The van der Waals surface area contributed by atoms with E-state index in [0.29, 0.717) is 11.4 Å². The van der Waals surface area contributed by atoms with Gasteiger partial charge < -0.3 is 15.7 Å². The molecular weight excluding hydrogens is 286 g/mol. The summed E-state index contributed by atoms with van der Waals surface area (Å²) in [6.45, 7) is 0.240. The van der Waals surface area contributed by atoms with Crippen molar-refractivity contribution < 1.29 is 14.8 Å². The van der Waals surface area contributed by atoms with Crippen molar-refractivity contribution in [2.24, 2.45) is 0 Å². The van der Waals surface area contributed by atoms with Crippen LogP contribution in [-0.2, 0) is 4.79 Å². The molecule has 0 atom stereocenters. The largest absolute Gasteiger partial charge is 0.506 e. The molecule has 2 rings (SSSR count). The minimum atomic E-state index is -0.482. The van der Waals surface area contributed by atoms with Gasteiger partial charge in [-0.3, -0.25) is 14.9 Å². The van der Waals surface area contributed by atoms with Gasteiger partial charge in [0.05, 0.1) is 10.6 Å². The number of benzene rings is 2. The van der Waals surface area contributed by atoms with E-state index >= 15 is 0 Å². The lowest BCUT2D eigenvalue weighted by Gasteiger charge is -2.08. The highest BCUT2D eigenvalue weighted by Crippen LogP contribution is 2.23. The maximum atomic E-state index is 11.8. The number of phenolic OH excluding ortho intramolecular Hbond substituents is 1. The van der Waals surface area contributed by atoms with Crippen molar-refractivity contribution in [1.29, 1.82) is 0 Å². The van der Waals surface area contributed by atoms with Crippen LogP contribution in [0.3, 0.4) is 0 Å². The first-order valence-electron chi connectivity index (χ1n) is 6.63. The number of carbonyl (C=O) groups excluding carboxylic acids is 1. The van der Waals surface area contributed by atoms with Crippen LogP contribution in [-0.4, -0.2) is 22.5 Å². The minimum absolute atomic E-state index is 0.0116. The van der Waals surface area contributed by atoms with E-state index in [1.165, 1.54) is 12.1 Å². The van der Waals surface area contributed by atoms with Crippen molar-refractivity contribution in [1.82, 2.24) is 0 Å². The number of anilines is 2. The quantitative estimate of drug-likeness (QED) is 0.432. The van der Waals surface area contributed by atoms with Gasteiger partial charge in [0.15, 0.2) is 0 Å². The Morgan fingerprint density at radius 2 is 1.73 bits per heavy atom. The number of carbonyl (C=O) groups is 1. The summed E-state index contributed by atoms with van der Waals surface area (Å²) < 4.78 is 0. The minimum Gasteiger partial charge on any atom is -0.506 e. The standard InChI is InChI=1S/C15H15N3O4/c19-14-8-4-2-6-12(14)17-15(20)9-10-16-11-5-1-3-7-13(11)18(21)22/h1-8,16,19H,9-10H2,(H,17,20). The van der Waals surface area contributed by atoms with Crippen LogP contribution in [0.2, 0.25) is 0 Å². The van der Waals surface area contributed by atoms with Gasteiger partial charge in [-0.2, -0.15) is 0 Å². The third-order valence-corrected chi connectivity index (χ3v) is 2.95. The number of hydrogen-bond acceptors (Lipinski definition) is 5. The van der Waals surface area contributed by atoms with E-state index in [1.54, 1.807) is 36.4 Å². The molecule has 0 bridgehead atoms. The monoisotopic (exact) mass is 301 g/mol. The number of nitro benzene ring substituents is 1. The van der Waals surface area contributed by atoms with Gasteiger partial charge >= 0.3 is 0 Å². The first-order valence-corrected chi connectivity index (χ1v) is 6.63. The number of rotatable bonds is 6. The number of hydrogen-bond donors (Lipinski definition) is 3. The van der Waals surface area contributed by atoms with E-state index in [9.17, 15) is 20.0 Å². The van der Waals surface area contributed by atoms with Crippen molar-refractivity contribution in [3.05, 3.63) is 58.6 Å². The summed E-state index contributed by atoms with van der Waals surface area (Å²) >= 11 is 0. The van der Waals surface area contributed by atoms with Gasteiger partial charge in [-0.05, 0) is 18.2 Å². The second-order valence-electron chi connectivity index (χ2n) is 4.52. The molecule has 114 valence electrons. The van der Waals surface area contributed by atoms with Crippen LogP contribution in [0, 0.1) is 10.1 Å². The highest BCUT2D eigenvalue weighted by Gasteiger charge is 2.12. The molecule has 2 aromatic carbocycles. The summed E-state index contributed by atoms with van der Waals surface area (Å²) in [5.74, 6) is -0.310. The Bertz CT molecular complexity index is 688. The van der Waals surface area contributed by atoms with Gasteiger partial charge in [0.2, 0.25) is 5.91 Å². The van der Waals surface area contributed by atoms with E-state index in [0.717, 1.165) is 0 Å². The number of nitrogens with zero attached hydrogens (tertiary/aromatic N) is 1. The molecule has 0 aromatic heterocycles. The summed E-state index contributed by atoms with van der Waals surface area (Å²) in [7, 11) is 0. The molecule has 0 heterocycles. The number of nitrogens with one attached hydrogen (secondary N) is 2. The second-order valence-corrected chi connectivity index (χ2v) is 4.52. The number of phenols is 1. The molecule has 0 spiro atoms. The van der Waals surface area contributed by atoms with E-state index in [2.05, 4.69) is 10.6 Å². The Balaban J connectivity index is 1.88. The molecule has 0 aliphatic carbocycles. The first-order chi connectivity index (χ1) is 10.6. The fourth-order valence-corrected chi connectivity index (χ4v) is 1.89. The fraction of sp³-hybridized carbons (Fsp3) is 0.133. The Morgan fingerprint density at radius 1 is 1.09 bits per heavy atom. The average Bonchev–Trinajstić information content (AvgIpc) is 2.50. The van der Waals surface area contributed by atoms with Gasteiger partial charge in [0.25, 0.3) is 5.69 Å². The lowest BCUT2D eigenvalue weighted by molar-refractivity contribution is -0.384. The summed E-state index contributed by atoms with van der Waals surface area (Å²) in [6.07, 6.45) is 0.111. The molecule has 3 N–H and O–H groups in total. The number of nitro groups is 1. The van der Waals surface area contributed by atoms with Crippen LogP contribution in [0.4, 0.5) is 17.1 Å². The lowest BCUT2D eigenvalue weighted by atomic mass is 10.2. The molecule has 1 amide bonds. The van der Waals surface area contributed by atoms with Gasteiger partial charge in [0, 0.05) is 19.0 Å². The highest BCUT2D eigenvalue weighted by molar-refractivity contribution is 5.92. The van der Waals surface area contributed by atoms with Crippen LogP contribution in [0.5, 0.6) is 5.75 Å². The molecule has 0 aliphatic rings. The zero-order valence-electron chi connectivity index (χ0n) is 11.7. The summed E-state index contributed by atoms with van der Waals surface area (Å²) in [6, 6.07) is 12.6. The first kappa shape index (κ1) is 15.3. The SMILES string of the molecule is O=C(CCNc1ccccc1[N+](=O)[O-])Nc1ccccc1O. The van der Waals surface area contributed by atoms with Gasteiger partial charge in [-0.1, -0.05) is 24.3 Å². The van der Waals surface area contributed by atoms with E-state index in [-0.39, 0.29) is 30.3 Å². The van der Waals surface area contributed by atoms with Crippen LogP contribution < -0.4 is 10.6 Å². The predicted molar refractivity (Wildman–Crippen MR) is 82.9 cm³/mol. The number of para-hydroxylation sites is 4. The maximum Gasteiger partial charge on any atom is 0.292 e. The number of amides is 1. The normalized spacial score (nSPS) is 10.0. The summed E-state index contributed by atoms with van der Waals surface area (Å²) in [5.41, 5.74) is 0.657. The average molecular weight is 301 g/mol. The summed E-state index contributed by atoms with van der Waals surface area (Å²) in [5, 5.41) is 25.8. The Morgan fingerprint density at radius 3 is 2.41 bits per heavy atom. The molecule has 2 aromatic rings. The van der Waals surface area contributed by atoms with Gasteiger partial charge in [-0.15, -0.1) is 0 Å². The zero-order chi connectivity index (χ0) is 15.9. The van der Waals surface area contributed by atoms with Crippen molar-refractivity contribution in [2.45, 2.75) is 6.42 Å². The van der Waals surface area contributed by atoms with Crippen molar-refractivity contribution in [2.75, 3.05) is 17.2 Å². The smallest absolute Gasteiger partial charge is 0.292 e. The van der Waals surface area contributed by atoms with E-state index < -0.39 is 4.92 Å². The van der Waals surface area contributed by atoms with Crippen LogP contribution in [0.25, 0.3) is 0 Å². The maximum absolute atomic E-state index is 11.8. The lowest BCUT2D eigenvalue weighted by Crippen LogP contribution is -2.16. The van der Waals surface area contributed by atoms with Crippen LogP contribution in [0.1, 0.15) is 6.42 Å².